The average Bonchev–Trinajstić information content (AvgIpc) is 3.87. The van der Waals surface area contributed by atoms with Crippen molar-refractivity contribution in [3.8, 4) is 44.5 Å². The van der Waals surface area contributed by atoms with E-state index in [9.17, 15) is 0 Å². The van der Waals surface area contributed by atoms with Gasteiger partial charge in [0.2, 0.25) is 0 Å². The van der Waals surface area contributed by atoms with Crippen LogP contribution < -0.4 is 4.90 Å². The number of anilines is 3. The van der Waals surface area contributed by atoms with Gasteiger partial charge in [-0.15, -0.1) is 0 Å². The summed E-state index contributed by atoms with van der Waals surface area (Å²) in [5.41, 5.74) is 23.6. The lowest BCUT2D eigenvalue weighted by molar-refractivity contribution is 0.333. The summed E-state index contributed by atoms with van der Waals surface area (Å²) in [5.74, 6) is 0. The van der Waals surface area contributed by atoms with Crippen molar-refractivity contribution in [2.45, 2.75) is 76.0 Å². The summed E-state index contributed by atoms with van der Waals surface area (Å²) < 4.78 is 0. The summed E-state index contributed by atoms with van der Waals surface area (Å²) in [4.78, 5) is 2.61. The van der Waals surface area contributed by atoms with E-state index >= 15 is 0 Å². The Hall–Kier alpha value is -8.26. The van der Waals surface area contributed by atoms with Gasteiger partial charge in [-0.25, -0.2) is 0 Å². The fraction of sp³-hybridized carbons (Fsp3) is 0.162. The Bertz CT molecular complexity index is 4040. The Kier molecular flexibility index (Phi) is 10.1. The van der Waals surface area contributed by atoms with Gasteiger partial charge in [-0.05, 0) is 171 Å². The monoisotopic (exact) mass is 963 g/mol. The molecule has 11 aromatic rings. The Balaban J connectivity index is 1.10. The Morgan fingerprint density at radius 2 is 0.867 bits per heavy atom. The summed E-state index contributed by atoms with van der Waals surface area (Å²) in [5, 5.41) is 5.07. The van der Waals surface area contributed by atoms with Crippen molar-refractivity contribution in [1.29, 1.82) is 0 Å². The molecule has 0 bridgehead atoms. The van der Waals surface area contributed by atoms with Crippen molar-refractivity contribution in [2.24, 2.45) is 0 Å². The molecule has 0 aliphatic heterocycles. The van der Waals surface area contributed by atoms with Gasteiger partial charge < -0.3 is 4.90 Å². The maximum atomic E-state index is 2.61. The molecule has 0 fully saturated rings. The van der Waals surface area contributed by atoms with Crippen molar-refractivity contribution in [3.05, 3.63) is 281 Å². The molecule has 0 unspecified atom stereocenters. The molecule has 362 valence electrons. The van der Waals surface area contributed by atoms with Gasteiger partial charge in [0.25, 0.3) is 0 Å². The van der Waals surface area contributed by atoms with E-state index in [0.717, 1.165) is 24.2 Å². The molecule has 0 spiro atoms. The molecule has 0 radical (unpaired) electrons. The normalized spacial score (nSPS) is 15.9. The van der Waals surface area contributed by atoms with Crippen molar-refractivity contribution in [2.75, 3.05) is 4.90 Å². The van der Waals surface area contributed by atoms with Crippen LogP contribution in [0.1, 0.15) is 98.9 Å². The van der Waals surface area contributed by atoms with Gasteiger partial charge in [0.15, 0.2) is 0 Å². The lowest BCUT2D eigenvalue weighted by atomic mass is 9.61. The van der Waals surface area contributed by atoms with Crippen LogP contribution in [0.25, 0.3) is 66.1 Å². The second-order valence-corrected chi connectivity index (χ2v) is 23.4. The van der Waals surface area contributed by atoms with Gasteiger partial charge in [-0.2, -0.15) is 0 Å². The molecule has 0 heterocycles. The van der Waals surface area contributed by atoms with Crippen LogP contribution in [-0.2, 0) is 21.7 Å². The maximum absolute atomic E-state index is 2.61. The molecule has 1 nitrogen and oxygen atoms in total. The first-order chi connectivity index (χ1) is 36.4. The number of hydrogen-bond donors (Lipinski definition) is 0. The number of rotatable bonds is 7. The lowest BCUT2D eigenvalue weighted by Crippen LogP contribution is -2.34. The molecule has 3 aliphatic carbocycles. The second kappa shape index (κ2) is 16.6. The van der Waals surface area contributed by atoms with Gasteiger partial charge >= 0.3 is 0 Å². The molecule has 11 aromatic carbocycles. The smallest absolute Gasteiger partial charge is 0.0714 e. The average molecular weight is 964 g/mol. The largest absolute Gasteiger partial charge is 0.310 e. The zero-order valence-corrected chi connectivity index (χ0v) is 43.9. The number of fused-ring (bicyclic) bond motifs is 10. The first-order valence-corrected chi connectivity index (χ1v) is 27.0. The molecule has 0 saturated carbocycles. The van der Waals surface area contributed by atoms with Crippen LogP contribution in [-0.4, -0.2) is 0 Å². The highest BCUT2D eigenvalue weighted by Crippen LogP contribution is 2.61. The molecule has 75 heavy (non-hydrogen) atoms. The quantitative estimate of drug-likeness (QED) is 0.144. The first-order valence-electron chi connectivity index (χ1n) is 27.0. The number of nitrogens with zero attached hydrogens (tertiary/aromatic N) is 1. The highest BCUT2D eigenvalue weighted by Gasteiger charge is 2.48. The van der Waals surface area contributed by atoms with E-state index in [-0.39, 0.29) is 16.2 Å². The number of hydrogen-bond acceptors (Lipinski definition) is 1. The van der Waals surface area contributed by atoms with Crippen LogP contribution in [0.5, 0.6) is 0 Å². The van der Waals surface area contributed by atoms with Crippen LogP contribution in [0.2, 0.25) is 0 Å². The molecule has 0 aromatic heterocycles. The third kappa shape index (κ3) is 6.69. The molecule has 0 amide bonds. The lowest BCUT2D eigenvalue weighted by Gasteiger charge is -2.43. The molecule has 1 heteroatoms. The zero-order valence-electron chi connectivity index (χ0n) is 43.9. The van der Waals surface area contributed by atoms with Gasteiger partial charge in [0, 0.05) is 22.4 Å². The third-order valence-corrected chi connectivity index (χ3v) is 18.0. The Morgan fingerprint density at radius 1 is 0.320 bits per heavy atom. The van der Waals surface area contributed by atoms with Crippen molar-refractivity contribution < 1.29 is 0 Å². The summed E-state index contributed by atoms with van der Waals surface area (Å²) in [7, 11) is 0. The van der Waals surface area contributed by atoms with E-state index < -0.39 is 5.41 Å². The topological polar surface area (TPSA) is 3.24 Å². The number of benzene rings is 11. The van der Waals surface area contributed by atoms with Crippen molar-refractivity contribution in [3.63, 3.8) is 0 Å². The zero-order chi connectivity index (χ0) is 50.8. The van der Waals surface area contributed by atoms with E-state index in [2.05, 4.69) is 283 Å². The second-order valence-electron chi connectivity index (χ2n) is 23.4. The maximum Gasteiger partial charge on any atom is 0.0714 e. The summed E-state index contributed by atoms with van der Waals surface area (Å²) in [6.45, 7) is 14.7. The van der Waals surface area contributed by atoms with E-state index in [1.54, 1.807) is 0 Å². The minimum absolute atomic E-state index is 0.0309. The molecule has 0 N–H and O–H groups in total. The van der Waals surface area contributed by atoms with E-state index in [1.165, 1.54) is 116 Å². The Labute approximate surface area is 442 Å². The molecule has 0 saturated heterocycles. The van der Waals surface area contributed by atoms with Gasteiger partial charge in [0.05, 0.1) is 11.1 Å². The van der Waals surface area contributed by atoms with Gasteiger partial charge in [-0.3, -0.25) is 0 Å². The fourth-order valence-electron chi connectivity index (χ4n) is 14.2. The van der Waals surface area contributed by atoms with Crippen LogP contribution in [0, 0.1) is 0 Å². The molecular formula is C74H61N. The van der Waals surface area contributed by atoms with Crippen molar-refractivity contribution >= 4 is 38.6 Å². The van der Waals surface area contributed by atoms with Crippen LogP contribution in [0.3, 0.4) is 0 Å². The Morgan fingerprint density at radius 3 is 1.59 bits per heavy atom. The minimum atomic E-state index is -0.590. The van der Waals surface area contributed by atoms with Crippen LogP contribution in [0.15, 0.2) is 237 Å². The van der Waals surface area contributed by atoms with Crippen LogP contribution >= 0.6 is 0 Å². The third-order valence-electron chi connectivity index (χ3n) is 18.0. The van der Waals surface area contributed by atoms with E-state index in [1.807, 2.05) is 0 Å². The highest BCUT2D eigenvalue weighted by molar-refractivity contribution is 6.14. The summed E-state index contributed by atoms with van der Waals surface area (Å²) >= 11 is 0. The van der Waals surface area contributed by atoms with Crippen molar-refractivity contribution in [1.82, 2.24) is 0 Å². The SMILES string of the molecule is CC1(C)CCC(C)(C)c2c(-c3cc4c(cc3N(c3ccc(-c5cc6ccccc6c6ccccc56)cc3)c3ccc5c(c3)C(C)(C)c3ccccc3-5)C(c3ccccc3)(c3ccccc3)c3ccccc3-4)cccc21. The first kappa shape index (κ1) is 45.4. The van der Waals surface area contributed by atoms with E-state index in [0.29, 0.717) is 0 Å². The van der Waals surface area contributed by atoms with Gasteiger partial charge in [0.1, 0.15) is 0 Å². The van der Waals surface area contributed by atoms with Crippen LogP contribution in [0.4, 0.5) is 17.1 Å². The standard InChI is InChI=1S/C74H61N/c1-71(2)42-43-72(3,4)70-60(32-21-35-66(70)71)63-46-62-58-31-18-20-34-65(58)74(50-23-9-7-10-24-50,51-25-11-8-12-26-51)68(62)47-69(63)75(53-40-41-59-57-30-17-19-33-64(57)73(5,6)67(59)45-53)52-38-36-48(37-39-52)61-44-49-22-13-14-27-54(49)55-28-15-16-29-56(55)61/h7-41,44-47H,42-43H2,1-6H3. The molecule has 0 atom stereocenters. The molecule has 14 rings (SSSR count). The highest BCUT2D eigenvalue weighted by atomic mass is 15.1. The molecule has 3 aliphatic rings. The predicted molar refractivity (Wildman–Crippen MR) is 317 cm³/mol. The summed E-state index contributed by atoms with van der Waals surface area (Å²) in [6, 6.07) is 90.1. The fourth-order valence-corrected chi connectivity index (χ4v) is 14.2. The minimum Gasteiger partial charge on any atom is -0.310 e. The summed E-state index contributed by atoms with van der Waals surface area (Å²) in [6.07, 6.45) is 2.27. The van der Waals surface area contributed by atoms with Gasteiger partial charge in [-0.1, -0.05) is 236 Å². The van der Waals surface area contributed by atoms with E-state index in [4.69, 9.17) is 0 Å². The predicted octanol–water partition coefficient (Wildman–Crippen LogP) is 19.8. The molecular weight excluding hydrogens is 903 g/mol.